The Hall–Kier alpha value is -1.56. The smallest absolute Gasteiger partial charge is 0.416 e. The third kappa shape index (κ3) is 2.08. The Morgan fingerprint density at radius 1 is 1.39 bits per heavy atom. The second-order valence-corrected chi connectivity index (χ2v) is 4.55. The highest BCUT2D eigenvalue weighted by atomic mass is 19.4. The molecule has 0 aromatic heterocycles. The van der Waals surface area contributed by atoms with Gasteiger partial charge in [-0.15, -0.1) is 0 Å². The van der Waals surface area contributed by atoms with Crippen LogP contribution in [-0.4, -0.2) is 17.1 Å². The number of carbonyl (C=O) groups is 1. The first kappa shape index (κ1) is 12.9. The molecular weight excluding hydrogens is 247 g/mol. The van der Waals surface area contributed by atoms with Crippen LogP contribution in [0.3, 0.4) is 0 Å². The molecule has 3 N–H and O–H groups in total. The van der Waals surface area contributed by atoms with Crippen molar-refractivity contribution in [2.45, 2.75) is 30.5 Å². The largest absolute Gasteiger partial charge is 0.480 e. The van der Waals surface area contributed by atoms with E-state index in [4.69, 9.17) is 10.8 Å². The number of carboxylic acids is 1. The highest BCUT2D eigenvalue weighted by molar-refractivity contribution is 5.77. The summed E-state index contributed by atoms with van der Waals surface area (Å²) < 4.78 is 37.8. The molecule has 1 fully saturated rings. The predicted octanol–water partition coefficient (Wildman–Crippen LogP) is 2.15. The van der Waals surface area contributed by atoms with Crippen molar-refractivity contribution >= 4 is 5.97 Å². The van der Waals surface area contributed by atoms with E-state index in [1.54, 1.807) is 0 Å². The predicted molar refractivity (Wildman–Crippen MR) is 58.0 cm³/mol. The Morgan fingerprint density at radius 2 is 2.00 bits per heavy atom. The molecule has 1 unspecified atom stereocenters. The van der Waals surface area contributed by atoms with Crippen molar-refractivity contribution in [1.29, 1.82) is 0 Å². The van der Waals surface area contributed by atoms with E-state index in [0.717, 1.165) is 12.1 Å². The van der Waals surface area contributed by atoms with Gasteiger partial charge in [-0.2, -0.15) is 13.2 Å². The molecule has 1 aromatic carbocycles. The number of benzene rings is 1. The van der Waals surface area contributed by atoms with Gasteiger partial charge in [0.05, 0.1) is 5.56 Å². The molecule has 6 heteroatoms. The summed E-state index contributed by atoms with van der Waals surface area (Å²) in [5.74, 6) is -1.19. The van der Waals surface area contributed by atoms with Gasteiger partial charge in [-0.25, -0.2) is 0 Å². The third-order valence-corrected chi connectivity index (χ3v) is 3.41. The lowest BCUT2D eigenvalue weighted by Crippen LogP contribution is -2.42. The Morgan fingerprint density at radius 3 is 2.44 bits per heavy atom. The Balaban J connectivity index is 2.38. The van der Waals surface area contributed by atoms with Crippen LogP contribution < -0.4 is 5.73 Å². The number of alkyl halides is 3. The Labute approximate surface area is 101 Å². The summed E-state index contributed by atoms with van der Waals surface area (Å²) in [4.78, 5) is 10.9. The molecular formula is C12H12F3NO2. The van der Waals surface area contributed by atoms with Gasteiger partial charge in [-0.1, -0.05) is 18.2 Å². The molecule has 1 atom stereocenters. The Kier molecular flexibility index (Phi) is 2.85. The van der Waals surface area contributed by atoms with Crippen LogP contribution in [0.5, 0.6) is 0 Å². The molecule has 0 amide bonds. The first-order valence-corrected chi connectivity index (χ1v) is 5.43. The zero-order chi connectivity index (χ0) is 13.6. The Bertz CT molecular complexity index is 480. The molecule has 0 aliphatic heterocycles. The summed E-state index contributed by atoms with van der Waals surface area (Å²) in [6, 6.07) is 3.58. The number of halogens is 3. The summed E-state index contributed by atoms with van der Waals surface area (Å²) in [6.07, 6.45) is -3.43. The maximum atomic E-state index is 12.6. The first-order valence-electron chi connectivity index (χ1n) is 5.43. The number of aliphatic carboxylic acids is 1. The number of carboxylic acid groups (broad SMARTS) is 1. The minimum Gasteiger partial charge on any atom is -0.480 e. The molecule has 1 aromatic rings. The van der Waals surface area contributed by atoms with Crippen molar-refractivity contribution in [1.82, 2.24) is 0 Å². The fourth-order valence-corrected chi connectivity index (χ4v) is 2.16. The molecule has 0 spiro atoms. The fourth-order valence-electron chi connectivity index (χ4n) is 2.16. The van der Waals surface area contributed by atoms with Crippen LogP contribution in [0.15, 0.2) is 24.3 Å². The molecule has 0 bridgehead atoms. The number of rotatable bonds is 3. The maximum absolute atomic E-state index is 12.6. The van der Waals surface area contributed by atoms with E-state index in [-0.39, 0.29) is 0 Å². The van der Waals surface area contributed by atoms with Crippen LogP contribution in [0.4, 0.5) is 13.2 Å². The molecule has 0 saturated heterocycles. The molecule has 2 rings (SSSR count). The topological polar surface area (TPSA) is 63.3 Å². The zero-order valence-electron chi connectivity index (χ0n) is 9.37. The van der Waals surface area contributed by atoms with Crippen molar-refractivity contribution < 1.29 is 23.1 Å². The minimum absolute atomic E-state index is 0.354. The standard InChI is InChI=1S/C12H12F3NO2/c13-12(14,15)8-3-1-2-7(6-8)11(4-5-11)9(16)10(17)18/h1-3,6,9H,4-5,16H2,(H,17,18). The molecule has 3 nitrogen and oxygen atoms in total. The van der Waals surface area contributed by atoms with Gasteiger partial charge in [0.2, 0.25) is 0 Å². The third-order valence-electron chi connectivity index (χ3n) is 3.41. The SMILES string of the molecule is NC(C(=O)O)C1(c2cccc(C(F)(F)F)c2)CC1. The average molecular weight is 259 g/mol. The number of nitrogens with two attached hydrogens (primary N) is 1. The summed E-state index contributed by atoms with van der Waals surface area (Å²) in [5.41, 5.74) is 4.31. The lowest BCUT2D eigenvalue weighted by atomic mass is 9.87. The van der Waals surface area contributed by atoms with Gasteiger partial charge in [0.15, 0.2) is 0 Å². The van der Waals surface area contributed by atoms with Crippen LogP contribution in [0, 0.1) is 0 Å². The highest BCUT2D eigenvalue weighted by Gasteiger charge is 2.52. The van der Waals surface area contributed by atoms with Gasteiger partial charge in [-0.05, 0) is 24.5 Å². The van der Waals surface area contributed by atoms with Crippen molar-refractivity contribution in [2.24, 2.45) is 5.73 Å². The van der Waals surface area contributed by atoms with E-state index < -0.39 is 29.2 Å². The number of hydrogen-bond acceptors (Lipinski definition) is 2. The van der Waals surface area contributed by atoms with Gasteiger partial charge in [-0.3, -0.25) is 4.79 Å². The van der Waals surface area contributed by atoms with Crippen molar-refractivity contribution in [3.8, 4) is 0 Å². The molecule has 1 aliphatic carbocycles. The first-order chi connectivity index (χ1) is 8.27. The van der Waals surface area contributed by atoms with E-state index in [0.29, 0.717) is 18.4 Å². The zero-order valence-corrected chi connectivity index (χ0v) is 9.37. The van der Waals surface area contributed by atoms with E-state index in [9.17, 15) is 18.0 Å². The van der Waals surface area contributed by atoms with Crippen LogP contribution in [0.2, 0.25) is 0 Å². The van der Waals surface area contributed by atoms with Gasteiger partial charge in [0.25, 0.3) is 0 Å². The quantitative estimate of drug-likeness (QED) is 0.874. The summed E-state index contributed by atoms with van der Waals surface area (Å²) in [7, 11) is 0. The second kappa shape index (κ2) is 3.98. The van der Waals surface area contributed by atoms with Crippen LogP contribution >= 0.6 is 0 Å². The summed E-state index contributed by atoms with van der Waals surface area (Å²) in [5, 5.41) is 8.90. The molecule has 1 saturated carbocycles. The fraction of sp³-hybridized carbons (Fsp3) is 0.417. The summed E-state index contributed by atoms with van der Waals surface area (Å²) >= 11 is 0. The normalized spacial score (nSPS) is 19.3. The van der Waals surface area contributed by atoms with E-state index in [1.165, 1.54) is 12.1 Å². The molecule has 98 valence electrons. The molecule has 0 heterocycles. The number of hydrogen-bond donors (Lipinski definition) is 2. The monoisotopic (exact) mass is 259 g/mol. The van der Waals surface area contributed by atoms with Gasteiger partial charge in [0.1, 0.15) is 6.04 Å². The lowest BCUT2D eigenvalue weighted by molar-refractivity contribution is -0.139. The van der Waals surface area contributed by atoms with Crippen molar-refractivity contribution in [2.75, 3.05) is 0 Å². The average Bonchev–Trinajstić information content (AvgIpc) is 3.08. The van der Waals surface area contributed by atoms with Crippen molar-refractivity contribution in [3.05, 3.63) is 35.4 Å². The maximum Gasteiger partial charge on any atom is 0.416 e. The molecule has 18 heavy (non-hydrogen) atoms. The van der Waals surface area contributed by atoms with Crippen LogP contribution in [0.25, 0.3) is 0 Å². The van der Waals surface area contributed by atoms with Crippen molar-refractivity contribution in [3.63, 3.8) is 0 Å². The summed E-state index contributed by atoms with van der Waals surface area (Å²) in [6.45, 7) is 0. The van der Waals surface area contributed by atoms with Crippen LogP contribution in [-0.2, 0) is 16.4 Å². The second-order valence-electron chi connectivity index (χ2n) is 4.55. The van der Waals surface area contributed by atoms with Gasteiger partial charge >= 0.3 is 12.1 Å². The van der Waals surface area contributed by atoms with E-state index in [2.05, 4.69) is 0 Å². The van der Waals surface area contributed by atoms with E-state index in [1.807, 2.05) is 0 Å². The van der Waals surface area contributed by atoms with Gasteiger partial charge in [0, 0.05) is 5.41 Å². The highest BCUT2D eigenvalue weighted by Crippen LogP contribution is 2.51. The molecule has 0 radical (unpaired) electrons. The molecule has 1 aliphatic rings. The van der Waals surface area contributed by atoms with Gasteiger partial charge < -0.3 is 10.8 Å². The van der Waals surface area contributed by atoms with Crippen LogP contribution in [0.1, 0.15) is 24.0 Å². The minimum atomic E-state index is -4.43. The lowest BCUT2D eigenvalue weighted by Gasteiger charge is -2.21. The van der Waals surface area contributed by atoms with E-state index >= 15 is 0 Å².